The van der Waals surface area contributed by atoms with Crippen molar-refractivity contribution in [3.63, 3.8) is 0 Å². The zero-order valence-electron chi connectivity index (χ0n) is 8.77. The quantitative estimate of drug-likeness (QED) is 0.242. The van der Waals surface area contributed by atoms with Crippen molar-refractivity contribution in [1.29, 1.82) is 0 Å². The molecule has 1 rings (SSSR count). The second-order valence-corrected chi connectivity index (χ2v) is 39.5. The van der Waals surface area contributed by atoms with Crippen LogP contribution in [0.4, 0.5) is 0 Å². The van der Waals surface area contributed by atoms with Gasteiger partial charge in [0.1, 0.15) is 0 Å². The standard InChI is InChI=1S/C9H16.2Al.4HI/c1-3-8-5-6-9(4-2)7-8;;;;;;/h8-9H,1-7H2;;;4*1H/q;2*+2;;;;/p-4. The molecule has 0 aromatic heterocycles. The SMILES string of the molecule is [I][Al]([I])[CH2]CC1CCC(C[CH2][Al]([I])[I])C1. The minimum Gasteiger partial charge on any atom is -0.191 e. The lowest BCUT2D eigenvalue weighted by atomic mass is 10.0. The Kier molecular flexibility index (Phi) is 11.2. The molecule has 0 nitrogen and oxygen atoms in total. The maximum absolute atomic E-state index is 2.69. The zero-order valence-corrected chi connectivity index (χ0v) is 19.7. The Morgan fingerprint density at radius 1 is 0.800 bits per heavy atom. The summed E-state index contributed by atoms with van der Waals surface area (Å²) < 4.78 is 0. The first-order chi connectivity index (χ1) is 7.08. The Balaban J connectivity index is 2.10. The molecule has 1 aliphatic carbocycles. The molecule has 1 saturated carbocycles. The van der Waals surface area contributed by atoms with Crippen LogP contribution in [0.3, 0.4) is 0 Å². The number of hydrogen-bond acceptors (Lipinski definition) is 0. The van der Waals surface area contributed by atoms with Gasteiger partial charge in [-0.05, 0) is 18.3 Å². The lowest BCUT2D eigenvalue weighted by Gasteiger charge is -2.10. The molecular formula is C9H16Al2I4. The number of hydrogen-bond donors (Lipinski definition) is 0. The Bertz CT molecular complexity index is 159. The second-order valence-electron chi connectivity index (χ2n) is 4.48. The van der Waals surface area contributed by atoms with E-state index >= 15 is 0 Å². The largest absolute Gasteiger partial charge is 0.445 e. The molecule has 0 heterocycles. The molecular weight excluding hydrogens is 670 g/mol. The van der Waals surface area contributed by atoms with Crippen LogP contribution in [0.25, 0.3) is 0 Å². The highest BCUT2D eigenvalue weighted by molar-refractivity contribution is 14.3. The van der Waals surface area contributed by atoms with Crippen LogP contribution in [0.5, 0.6) is 0 Å². The predicted molar refractivity (Wildman–Crippen MR) is 107 cm³/mol. The maximum Gasteiger partial charge on any atom is 0.445 e. The molecule has 0 aromatic rings. The van der Waals surface area contributed by atoms with E-state index in [-0.39, 0.29) is 15.2 Å². The van der Waals surface area contributed by atoms with E-state index in [9.17, 15) is 0 Å². The molecule has 2 atom stereocenters. The van der Waals surface area contributed by atoms with Gasteiger partial charge in [-0.15, -0.1) is 0 Å². The van der Waals surface area contributed by atoms with E-state index in [1.54, 1.807) is 42.7 Å². The zero-order chi connectivity index (χ0) is 11.3. The fourth-order valence-corrected chi connectivity index (χ4v) is 8.19. The van der Waals surface area contributed by atoms with Gasteiger partial charge in [-0.2, -0.15) is 81.1 Å². The fraction of sp³-hybridized carbons (Fsp3) is 1.00. The van der Waals surface area contributed by atoms with Gasteiger partial charge in [0, 0.05) is 0 Å². The van der Waals surface area contributed by atoms with E-state index in [1.165, 1.54) is 0 Å². The van der Waals surface area contributed by atoms with Gasteiger partial charge in [-0.25, -0.2) is 0 Å². The van der Waals surface area contributed by atoms with Crippen molar-refractivity contribution in [3.05, 3.63) is 0 Å². The predicted octanol–water partition coefficient (Wildman–Crippen LogP) is 5.90. The van der Waals surface area contributed by atoms with E-state index < -0.39 is 0 Å². The number of halogens is 4. The van der Waals surface area contributed by atoms with E-state index in [2.05, 4.69) is 81.1 Å². The molecule has 1 aliphatic rings. The smallest absolute Gasteiger partial charge is 0.191 e. The normalized spacial score (nSPS) is 25.6. The average Bonchev–Trinajstić information content (AvgIpc) is 2.59. The highest BCUT2D eigenvalue weighted by Gasteiger charge is 2.26. The molecule has 0 aromatic carbocycles. The lowest BCUT2D eigenvalue weighted by Crippen LogP contribution is -2.01. The van der Waals surface area contributed by atoms with Gasteiger partial charge in [-0.1, -0.05) is 36.2 Å². The minimum absolute atomic E-state index is 0.335. The first-order valence-corrected chi connectivity index (χ1v) is 24.0. The van der Waals surface area contributed by atoms with Gasteiger partial charge >= 0.3 is 15.2 Å². The fourth-order valence-electron chi connectivity index (χ4n) is 2.43. The van der Waals surface area contributed by atoms with E-state index in [1.807, 2.05) is 0 Å². The summed E-state index contributed by atoms with van der Waals surface area (Å²) in [7, 11) is -0.670. The summed E-state index contributed by atoms with van der Waals surface area (Å²) in [4.78, 5) is 0. The summed E-state index contributed by atoms with van der Waals surface area (Å²) in [5, 5.41) is 3.13. The Morgan fingerprint density at radius 2 is 1.20 bits per heavy atom. The highest BCUT2D eigenvalue weighted by atomic mass is 127. The summed E-state index contributed by atoms with van der Waals surface area (Å²) in [6.07, 6.45) is 7.77. The molecule has 86 valence electrons. The maximum atomic E-state index is 2.69. The van der Waals surface area contributed by atoms with Gasteiger partial charge in [0.05, 0.1) is 0 Å². The molecule has 2 unspecified atom stereocenters. The third kappa shape index (κ3) is 8.70. The van der Waals surface area contributed by atoms with Crippen LogP contribution in [-0.2, 0) is 0 Å². The topological polar surface area (TPSA) is 0 Å². The lowest BCUT2D eigenvalue weighted by molar-refractivity contribution is 0.471. The molecule has 0 bridgehead atoms. The van der Waals surface area contributed by atoms with Crippen LogP contribution in [0.2, 0.25) is 10.6 Å². The minimum atomic E-state index is -0.335. The van der Waals surface area contributed by atoms with Crippen molar-refractivity contribution in [2.75, 3.05) is 0 Å². The van der Waals surface area contributed by atoms with E-state index in [4.69, 9.17) is 0 Å². The molecule has 0 radical (unpaired) electrons. The van der Waals surface area contributed by atoms with Crippen LogP contribution in [0.15, 0.2) is 0 Å². The van der Waals surface area contributed by atoms with Crippen LogP contribution in [0, 0.1) is 11.8 Å². The average molecular weight is 686 g/mol. The Hall–Kier alpha value is 3.98. The molecule has 0 N–H and O–H groups in total. The molecule has 0 aliphatic heterocycles. The second kappa shape index (κ2) is 9.82. The molecule has 15 heavy (non-hydrogen) atoms. The van der Waals surface area contributed by atoms with Crippen LogP contribution in [0.1, 0.15) is 32.1 Å². The first kappa shape index (κ1) is 17.0. The molecule has 1 fully saturated rings. The molecule has 6 heteroatoms. The van der Waals surface area contributed by atoms with E-state index in [0.717, 1.165) is 11.8 Å². The Morgan fingerprint density at radius 3 is 1.53 bits per heavy atom. The summed E-state index contributed by atoms with van der Waals surface area (Å²) in [5.74, 6) is 2.22. The third-order valence-corrected chi connectivity index (χ3v) is 12.2. The summed E-state index contributed by atoms with van der Waals surface area (Å²) in [6.45, 7) is 0. The van der Waals surface area contributed by atoms with Crippen molar-refractivity contribution < 1.29 is 0 Å². The monoisotopic (exact) mass is 686 g/mol. The van der Waals surface area contributed by atoms with Crippen LogP contribution in [-0.4, -0.2) is 15.2 Å². The number of rotatable bonds is 6. The van der Waals surface area contributed by atoms with Crippen LogP contribution < -0.4 is 0 Å². The van der Waals surface area contributed by atoms with Crippen molar-refractivity contribution in [3.8, 4) is 0 Å². The first-order valence-electron chi connectivity index (χ1n) is 5.64. The van der Waals surface area contributed by atoms with E-state index in [0.29, 0.717) is 0 Å². The van der Waals surface area contributed by atoms with Crippen molar-refractivity contribution in [2.24, 2.45) is 11.8 Å². The van der Waals surface area contributed by atoms with Gasteiger partial charge in [0.2, 0.25) is 0 Å². The molecule has 0 saturated heterocycles. The van der Waals surface area contributed by atoms with Gasteiger partial charge in [0.25, 0.3) is 0 Å². The van der Waals surface area contributed by atoms with Crippen molar-refractivity contribution >= 4 is 96.3 Å². The Labute approximate surface area is 147 Å². The summed E-state index contributed by atoms with van der Waals surface area (Å²) in [6, 6.07) is 0. The van der Waals surface area contributed by atoms with Gasteiger partial charge in [-0.3, -0.25) is 0 Å². The molecule has 0 amide bonds. The molecule has 0 spiro atoms. The van der Waals surface area contributed by atoms with Crippen molar-refractivity contribution in [2.45, 2.75) is 42.7 Å². The third-order valence-electron chi connectivity index (χ3n) is 3.24. The summed E-state index contributed by atoms with van der Waals surface area (Å²) >= 11 is 10.8. The van der Waals surface area contributed by atoms with Gasteiger partial charge in [0.15, 0.2) is 0 Å². The van der Waals surface area contributed by atoms with Gasteiger partial charge < -0.3 is 0 Å². The summed E-state index contributed by atoms with van der Waals surface area (Å²) in [5.41, 5.74) is 0. The van der Waals surface area contributed by atoms with Crippen LogP contribution >= 0.6 is 81.1 Å². The highest BCUT2D eigenvalue weighted by Crippen LogP contribution is 2.38. The van der Waals surface area contributed by atoms with Crippen molar-refractivity contribution in [1.82, 2.24) is 0 Å².